The Bertz CT molecular complexity index is 770. The van der Waals surface area contributed by atoms with Crippen molar-refractivity contribution in [2.45, 2.75) is 19.8 Å². The van der Waals surface area contributed by atoms with E-state index in [0.29, 0.717) is 25.4 Å². The second-order valence-electron chi connectivity index (χ2n) is 6.85. The predicted molar refractivity (Wildman–Crippen MR) is 111 cm³/mol. The minimum atomic E-state index is -0.330. The molecule has 1 aliphatic rings. The number of fused-ring (bicyclic) bond motifs is 1. The van der Waals surface area contributed by atoms with E-state index in [9.17, 15) is 9.18 Å². The second-order valence-corrected chi connectivity index (χ2v) is 6.85. The largest absolute Gasteiger partial charge is 0.491 e. The lowest BCUT2D eigenvalue weighted by Gasteiger charge is -2.24. The van der Waals surface area contributed by atoms with Crippen molar-refractivity contribution in [3.63, 3.8) is 0 Å². The Morgan fingerprint density at radius 2 is 2.07 bits per heavy atom. The number of rotatable bonds is 8. The first-order valence-corrected chi connectivity index (χ1v) is 9.91. The van der Waals surface area contributed by atoms with Crippen LogP contribution in [0.2, 0.25) is 0 Å². The van der Waals surface area contributed by atoms with Crippen molar-refractivity contribution in [3.8, 4) is 5.75 Å². The molecule has 28 heavy (non-hydrogen) atoms. The third kappa shape index (κ3) is 5.38. The van der Waals surface area contributed by atoms with Gasteiger partial charge in [-0.2, -0.15) is 0 Å². The molecular weight excluding hydrogens is 357 g/mol. The van der Waals surface area contributed by atoms with Crippen molar-refractivity contribution in [2.24, 2.45) is 0 Å². The SMILES string of the molecule is CCN(CCCNC(=O)CN1CCCOc2cc(F)ccc21)c1ccccc1. The first kappa shape index (κ1) is 20.0. The number of hydrogen-bond donors (Lipinski definition) is 1. The van der Waals surface area contributed by atoms with E-state index in [4.69, 9.17) is 4.74 Å². The van der Waals surface area contributed by atoms with Gasteiger partial charge >= 0.3 is 0 Å². The monoisotopic (exact) mass is 385 g/mol. The smallest absolute Gasteiger partial charge is 0.239 e. The summed E-state index contributed by atoms with van der Waals surface area (Å²) in [5, 5.41) is 3.00. The topological polar surface area (TPSA) is 44.8 Å². The summed E-state index contributed by atoms with van der Waals surface area (Å²) in [7, 11) is 0. The number of ether oxygens (including phenoxy) is 1. The molecule has 2 aromatic rings. The third-order valence-corrected chi connectivity index (χ3v) is 4.86. The van der Waals surface area contributed by atoms with Gasteiger partial charge < -0.3 is 19.9 Å². The van der Waals surface area contributed by atoms with Crippen LogP contribution in [0.25, 0.3) is 0 Å². The van der Waals surface area contributed by atoms with Crippen LogP contribution in [0, 0.1) is 5.82 Å². The highest BCUT2D eigenvalue weighted by molar-refractivity contribution is 5.82. The van der Waals surface area contributed by atoms with E-state index in [1.54, 1.807) is 6.07 Å². The maximum Gasteiger partial charge on any atom is 0.239 e. The number of halogens is 1. The Balaban J connectivity index is 1.47. The summed E-state index contributed by atoms with van der Waals surface area (Å²) in [6.07, 6.45) is 1.67. The summed E-state index contributed by atoms with van der Waals surface area (Å²) >= 11 is 0. The van der Waals surface area contributed by atoms with Gasteiger partial charge in [0.2, 0.25) is 5.91 Å². The van der Waals surface area contributed by atoms with Crippen LogP contribution >= 0.6 is 0 Å². The number of nitrogens with one attached hydrogen (secondary N) is 1. The van der Waals surface area contributed by atoms with Crippen LogP contribution in [0.4, 0.5) is 15.8 Å². The van der Waals surface area contributed by atoms with Crippen LogP contribution in [-0.4, -0.2) is 45.2 Å². The molecule has 0 fully saturated rings. The van der Waals surface area contributed by atoms with Gasteiger partial charge in [0.05, 0.1) is 18.8 Å². The zero-order chi connectivity index (χ0) is 19.8. The molecule has 1 amide bonds. The zero-order valence-corrected chi connectivity index (χ0v) is 16.4. The Labute approximate surface area is 166 Å². The van der Waals surface area contributed by atoms with Gasteiger partial charge in [0.15, 0.2) is 0 Å². The minimum absolute atomic E-state index is 0.0278. The highest BCUT2D eigenvalue weighted by atomic mass is 19.1. The number of amides is 1. The van der Waals surface area contributed by atoms with Gasteiger partial charge in [-0.3, -0.25) is 4.79 Å². The Morgan fingerprint density at radius 1 is 1.25 bits per heavy atom. The van der Waals surface area contributed by atoms with Gasteiger partial charge in [-0.15, -0.1) is 0 Å². The van der Waals surface area contributed by atoms with Gasteiger partial charge in [-0.25, -0.2) is 4.39 Å². The van der Waals surface area contributed by atoms with E-state index in [1.165, 1.54) is 17.8 Å². The van der Waals surface area contributed by atoms with Crippen LogP contribution < -0.4 is 19.9 Å². The molecule has 6 heteroatoms. The van der Waals surface area contributed by atoms with Crippen molar-refractivity contribution >= 4 is 17.3 Å². The summed E-state index contributed by atoms with van der Waals surface area (Å²) in [5.74, 6) is 0.149. The van der Waals surface area contributed by atoms with Gasteiger partial charge in [-0.1, -0.05) is 18.2 Å². The lowest BCUT2D eigenvalue weighted by atomic mass is 10.2. The van der Waals surface area contributed by atoms with Gasteiger partial charge in [0, 0.05) is 37.9 Å². The highest BCUT2D eigenvalue weighted by Crippen LogP contribution is 2.31. The molecule has 0 aromatic heterocycles. The van der Waals surface area contributed by atoms with E-state index in [2.05, 4.69) is 29.3 Å². The Hall–Kier alpha value is -2.76. The number of para-hydroxylation sites is 1. The van der Waals surface area contributed by atoms with Gasteiger partial charge in [-0.05, 0) is 44.0 Å². The average Bonchev–Trinajstić information content (AvgIpc) is 2.90. The third-order valence-electron chi connectivity index (χ3n) is 4.86. The fourth-order valence-electron chi connectivity index (χ4n) is 3.42. The fourth-order valence-corrected chi connectivity index (χ4v) is 3.42. The van der Waals surface area contributed by atoms with Gasteiger partial charge in [0.1, 0.15) is 11.6 Å². The molecule has 2 aromatic carbocycles. The standard InChI is InChI=1S/C22H28FN3O2/c1-2-25(19-8-4-3-5-9-19)13-6-12-24-22(27)17-26-14-7-15-28-21-16-18(23)10-11-20(21)26/h3-5,8-11,16H,2,6-7,12-15,17H2,1H3,(H,24,27). The quantitative estimate of drug-likeness (QED) is 0.707. The average molecular weight is 385 g/mol. The van der Waals surface area contributed by atoms with Crippen molar-refractivity contribution in [3.05, 3.63) is 54.3 Å². The molecule has 1 heterocycles. The molecule has 0 unspecified atom stereocenters. The zero-order valence-electron chi connectivity index (χ0n) is 16.4. The number of anilines is 2. The fraction of sp³-hybridized carbons (Fsp3) is 0.409. The van der Waals surface area contributed by atoms with E-state index in [1.807, 2.05) is 23.1 Å². The van der Waals surface area contributed by atoms with E-state index >= 15 is 0 Å². The minimum Gasteiger partial charge on any atom is -0.491 e. The highest BCUT2D eigenvalue weighted by Gasteiger charge is 2.19. The van der Waals surface area contributed by atoms with Crippen LogP contribution in [0.5, 0.6) is 5.75 Å². The molecule has 3 rings (SSSR count). The number of carbonyl (C=O) groups excluding carboxylic acids is 1. The number of hydrogen-bond acceptors (Lipinski definition) is 4. The van der Waals surface area contributed by atoms with Crippen LogP contribution in [0.1, 0.15) is 19.8 Å². The molecule has 1 N–H and O–H groups in total. The molecule has 0 saturated carbocycles. The molecule has 0 radical (unpaired) electrons. The lowest BCUT2D eigenvalue weighted by Crippen LogP contribution is -2.38. The van der Waals surface area contributed by atoms with Crippen LogP contribution in [-0.2, 0) is 4.79 Å². The maximum absolute atomic E-state index is 13.5. The molecule has 150 valence electrons. The lowest BCUT2D eigenvalue weighted by molar-refractivity contribution is -0.119. The molecule has 0 saturated heterocycles. The van der Waals surface area contributed by atoms with E-state index in [-0.39, 0.29) is 18.3 Å². The number of benzene rings is 2. The van der Waals surface area contributed by atoms with Gasteiger partial charge in [0.25, 0.3) is 0 Å². The molecule has 0 aliphatic carbocycles. The molecule has 5 nitrogen and oxygen atoms in total. The van der Waals surface area contributed by atoms with Crippen LogP contribution in [0.3, 0.4) is 0 Å². The summed E-state index contributed by atoms with van der Waals surface area (Å²) in [6, 6.07) is 14.8. The second kappa shape index (κ2) is 9.97. The van der Waals surface area contributed by atoms with E-state index < -0.39 is 0 Å². The summed E-state index contributed by atoms with van der Waals surface area (Å²) in [5.41, 5.74) is 1.97. The number of carbonyl (C=O) groups is 1. The molecule has 0 atom stereocenters. The molecule has 0 spiro atoms. The molecule has 0 bridgehead atoms. The normalized spacial score (nSPS) is 13.3. The summed E-state index contributed by atoms with van der Waals surface area (Å²) in [6.45, 7) is 6.07. The first-order chi connectivity index (χ1) is 13.7. The first-order valence-electron chi connectivity index (χ1n) is 9.91. The molecule has 1 aliphatic heterocycles. The summed E-state index contributed by atoms with van der Waals surface area (Å²) in [4.78, 5) is 16.7. The predicted octanol–water partition coefficient (Wildman–Crippen LogP) is 3.45. The van der Waals surface area contributed by atoms with Crippen molar-refractivity contribution in [1.29, 1.82) is 0 Å². The maximum atomic E-state index is 13.5. The van der Waals surface area contributed by atoms with E-state index in [0.717, 1.165) is 31.6 Å². The summed E-state index contributed by atoms with van der Waals surface area (Å²) < 4.78 is 19.1. The van der Waals surface area contributed by atoms with Crippen molar-refractivity contribution in [2.75, 3.05) is 49.1 Å². The Morgan fingerprint density at radius 3 is 2.86 bits per heavy atom. The Kier molecular flexibility index (Phi) is 7.12. The van der Waals surface area contributed by atoms with Crippen molar-refractivity contribution < 1.29 is 13.9 Å². The number of nitrogens with zero attached hydrogens (tertiary/aromatic N) is 2. The molecular formula is C22H28FN3O2. The van der Waals surface area contributed by atoms with Crippen LogP contribution in [0.15, 0.2) is 48.5 Å². The van der Waals surface area contributed by atoms with Crippen molar-refractivity contribution in [1.82, 2.24) is 5.32 Å².